The predicted molar refractivity (Wildman–Crippen MR) is 102 cm³/mol. The van der Waals surface area contributed by atoms with Crippen molar-refractivity contribution in [3.63, 3.8) is 0 Å². The summed E-state index contributed by atoms with van der Waals surface area (Å²) >= 11 is 0. The van der Waals surface area contributed by atoms with Crippen molar-refractivity contribution >= 4 is 39.1 Å². The third-order valence-electron chi connectivity index (χ3n) is 4.70. The van der Waals surface area contributed by atoms with Gasteiger partial charge in [-0.3, -0.25) is 0 Å². The largest absolute Gasteiger partial charge is 0.435 e. The highest BCUT2D eigenvalue weighted by atomic mass is 16.3. The molecule has 2 aromatic heterocycles. The third-order valence-corrected chi connectivity index (χ3v) is 4.70. The minimum Gasteiger partial charge on any atom is -0.435 e. The quantitative estimate of drug-likeness (QED) is 0.480. The van der Waals surface area contributed by atoms with Crippen LogP contribution in [0.5, 0.6) is 0 Å². The molecule has 0 amide bonds. The molecule has 1 aliphatic rings. The molecule has 25 heavy (non-hydrogen) atoms. The Morgan fingerprint density at radius 3 is 2.72 bits per heavy atom. The van der Waals surface area contributed by atoms with Gasteiger partial charge in [-0.1, -0.05) is 24.3 Å². The second-order valence-corrected chi connectivity index (χ2v) is 6.14. The summed E-state index contributed by atoms with van der Waals surface area (Å²) < 4.78 is 30.1. The highest BCUT2D eigenvalue weighted by molar-refractivity contribution is 6.10. The van der Waals surface area contributed by atoms with Gasteiger partial charge < -0.3 is 14.2 Å². The summed E-state index contributed by atoms with van der Waals surface area (Å²) in [5.41, 5.74) is 4.30. The van der Waals surface area contributed by atoms with E-state index < -0.39 is 6.98 Å². The molecule has 0 bridgehead atoms. The van der Waals surface area contributed by atoms with Crippen LogP contribution < -0.4 is 9.80 Å². The zero-order valence-corrected chi connectivity index (χ0v) is 13.7. The monoisotopic (exact) mass is 330 g/mol. The number of pyridine rings is 1. The fourth-order valence-electron chi connectivity index (χ4n) is 3.51. The van der Waals surface area contributed by atoms with Crippen molar-refractivity contribution in [1.82, 2.24) is 4.98 Å². The van der Waals surface area contributed by atoms with E-state index in [4.69, 9.17) is 8.53 Å². The van der Waals surface area contributed by atoms with Crippen LogP contribution >= 0.6 is 0 Å². The lowest BCUT2D eigenvalue weighted by Gasteiger charge is -2.27. The van der Waals surface area contributed by atoms with Crippen molar-refractivity contribution in [1.29, 1.82) is 0 Å². The number of aryl methyl sites for hydroxylation is 1. The normalized spacial score (nSPS) is 17.0. The maximum atomic E-state index is 7.99. The van der Waals surface area contributed by atoms with E-state index in [9.17, 15) is 0 Å². The Bertz CT molecular complexity index is 1210. The van der Waals surface area contributed by atoms with Crippen molar-refractivity contribution in [3.05, 3.63) is 73.4 Å². The first kappa shape index (κ1) is 11.5. The van der Waals surface area contributed by atoms with E-state index in [1.165, 1.54) is 4.90 Å². The van der Waals surface area contributed by atoms with E-state index in [-0.39, 0.29) is 0 Å². The fourth-order valence-corrected chi connectivity index (χ4v) is 3.51. The lowest BCUT2D eigenvalue weighted by Crippen LogP contribution is -2.28. The van der Waals surface area contributed by atoms with Gasteiger partial charge in [-0.2, -0.15) is 0 Å². The van der Waals surface area contributed by atoms with Gasteiger partial charge >= 0.3 is 0 Å². The second-order valence-electron chi connectivity index (χ2n) is 6.14. The van der Waals surface area contributed by atoms with Crippen LogP contribution in [0, 0.1) is 20.0 Å². The average molecular weight is 330 g/mol. The van der Waals surface area contributed by atoms with E-state index in [1.54, 1.807) is 12.3 Å². The maximum Gasteiger partial charge on any atom is 0.227 e. The summed E-state index contributed by atoms with van der Waals surface area (Å²) in [6.07, 6.45) is 2.06. The molecule has 1 aliphatic heterocycles. The summed E-state index contributed by atoms with van der Waals surface area (Å²) in [5, 5.41) is 1.85. The van der Waals surface area contributed by atoms with Gasteiger partial charge in [0.1, 0.15) is 0 Å². The smallest absolute Gasteiger partial charge is 0.227 e. The van der Waals surface area contributed by atoms with E-state index in [1.807, 2.05) is 54.3 Å². The van der Waals surface area contributed by atoms with E-state index in [2.05, 4.69) is 11.9 Å². The second kappa shape index (κ2) is 4.99. The Kier molecular flexibility index (Phi) is 2.30. The number of hydrogen-bond donors (Lipinski definition) is 0. The molecule has 4 aromatic rings. The van der Waals surface area contributed by atoms with Gasteiger partial charge in [0.15, 0.2) is 11.7 Å². The molecule has 0 saturated heterocycles. The molecule has 122 valence electrons. The molecule has 4 nitrogen and oxygen atoms in total. The Balaban J connectivity index is 1.82. The summed E-state index contributed by atoms with van der Waals surface area (Å²) in [6, 6.07) is 15.3. The summed E-state index contributed by atoms with van der Waals surface area (Å²) in [4.78, 5) is 7.48. The summed E-state index contributed by atoms with van der Waals surface area (Å²) in [5.74, 6) is 0. The van der Waals surface area contributed by atoms with E-state index in [0.29, 0.717) is 23.1 Å². The van der Waals surface area contributed by atoms with Crippen LogP contribution in [0.4, 0.5) is 17.1 Å². The average Bonchev–Trinajstić information content (AvgIpc) is 3.16. The molecule has 0 atom stereocenters. The van der Waals surface area contributed by atoms with Crippen molar-refractivity contribution in [2.24, 2.45) is 0 Å². The van der Waals surface area contributed by atoms with Crippen LogP contribution in [0.1, 0.15) is 9.68 Å². The number of nitrogens with zero attached hydrogens (tertiary/aromatic N) is 3. The number of furan rings is 1. The zero-order valence-electron chi connectivity index (χ0n) is 16.7. The van der Waals surface area contributed by atoms with Crippen LogP contribution in [0.3, 0.4) is 0 Å². The molecule has 3 heterocycles. The van der Waals surface area contributed by atoms with Gasteiger partial charge in [0.25, 0.3) is 0 Å². The van der Waals surface area contributed by atoms with Crippen LogP contribution in [0.15, 0.2) is 59.1 Å². The number of benzene rings is 2. The van der Waals surface area contributed by atoms with Crippen molar-refractivity contribution in [2.45, 2.75) is 6.92 Å². The first-order valence-electron chi connectivity index (χ1n) is 9.53. The van der Waals surface area contributed by atoms with Gasteiger partial charge in [0, 0.05) is 28.1 Å². The molecule has 2 radical (unpaired) electrons. The van der Waals surface area contributed by atoms with Crippen LogP contribution in [-0.4, -0.2) is 12.0 Å². The molecule has 0 unspecified atom stereocenters. The molecule has 5 rings (SSSR count). The standard InChI is InChI=1S/C21H17N3O/c1-13-10-11-15-16-7-6-12-22-21(16)25-20(15)19(13)24-14(2)23(3)17-8-4-5-9-18(17)24/h4-12H,2H2,1,3H3/i3D3. The molecular weight excluding hydrogens is 310 g/mol. The van der Waals surface area contributed by atoms with Gasteiger partial charge in [-0.25, -0.2) is 4.98 Å². The first-order chi connectivity index (χ1) is 13.4. The fraction of sp³-hybridized carbons (Fsp3) is 0.0952. The van der Waals surface area contributed by atoms with Crippen molar-refractivity contribution < 1.29 is 8.53 Å². The molecule has 0 saturated carbocycles. The zero-order chi connectivity index (χ0) is 19.6. The predicted octanol–water partition coefficient (Wildman–Crippen LogP) is 5.20. The SMILES string of the molecule is [2H]C([2H])([2H])N1[C]([CH2])N(c2c(C)ccc3c2oc2ncccc23)c2ccccc21. The highest BCUT2D eigenvalue weighted by Gasteiger charge is 2.35. The van der Waals surface area contributed by atoms with Gasteiger partial charge in [0.05, 0.1) is 17.1 Å². The lowest BCUT2D eigenvalue weighted by molar-refractivity contribution is 0.653. The number of aromatic nitrogens is 1. The first-order valence-corrected chi connectivity index (χ1v) is 8.03. The van der Waals surface area contributed by atoms with Crippen LogP contribution in [0.25, 0.3) is 22.1 Å². The number of fused-ring (bicyclic) bond motifs is 4. The lowest BCUT2D eigenvalue weighted by atomic mass is 10.1. The molecule has 4 heteroatoms. The van der Waals surface area contributed by atoms with Crippen LogP contribution in [0.2, 0.25) is 0 Å². The number of para-hydroxylation sites is 2. The molecular formula is C21H17N3O. The molecule has 0 fully saturated rings. The summed E-state index contributed by atoms with van der Waals surface area (Å²) in [7, 11) is 0. The summed E-state index contributed by atoms with van der Waals surface area (Å²) in [6.45, 7) is 3.74. The van der Waals surface area contributed by atoms with E-state index in [0.717, 1.165) is 27.7 Å². The topological polar surface area (TPSA) is 32.5 Å². The van der Waals surface area contributed by atoms with E-state index >= 15 is 0 Å². The Labute approximate surface area is 150 Å². The number of anilines is 3. The Hall–Kier alpha value is -3.01. The van der Waals surface area contributed by atoms with Crippen molar-refractivity contribution in [2.75, 3.05) is 16.8 Å². The highest BCUT2D eigenvalue weighted by Crippen LogP contribution is 2.49. The van der Waals surface area contributed by atoms with Gasteiger partial charge in [0.2, 0.25) is 5.71 Å². The Morgan fingerprint density at radius 2 is 1.88 bits per heavy atom. The minimum absolute atomic E-state index is 0.366. The third kappa shape index (κ3) is 1.85. The molecule has 0 spiro atoms. The molecule has 0 N–H and O–H groups in total. The number of rotatable bonds is 1. The Morgan fingerprint density at radius 1 is 1.04 bits per heavy atom. The maximum absolute atomic E-state index is 7.99. The van der Waals surface area contributed by atoms with Gasteiger partial charge in [-0.05, 0) is 43.7 Å². The van der Waals surface area contributed by atoms with Gasteiger partial charge in [-0.15, -0.1) is 0 Å². The molecule has 2 aromatic carbocycles. The minimum atomic E-state index is -2.35. The number of hydrogen-bond acceptors (Lipinski definition) is 4. The molecule has 0 aliphatic carbocycles. The van der Waals surface area contributed by atoms with Crippen LogP contribution in [-0.2, 0) is 0 Å². The van der Waals surface area contributed by atoms with Crippen molar-refractivity contribution in [3.8, 4) is 0 Å².